The molecule has 3 N–H and O–H groups in total. The maximum Gasteiger partial charge on any atom is 0.0825 e. The standard InChI is InChI=1S/C33H46O3S/c1-5-26-11-15-31(37-26)33(17-18-33)30(36)14-8-21(2)27-12-13-28-23(7-6-16-32(27,28)4)9-10-24-19-25(34)20-29(35)22(24)3/h8-11,14-15,21,25,27-30,34-36H,3,5-7,12-13,16-20H2,1-2,4H3/t21-,25-,27-,28+,29+,30-,32-/m1/s1. The molecular formula is C33H46O3S. The Bertz CT molecular complexity index is 1090. The van der Waals surface area contributed by atoms with Crippen molar-refractivity contribution in [1.82, 2.24) is 0 Å². The number of thiophene rings is 1. The van der Waals surface area contributed by atoms with Gasteiger partial charge in [0.25, 0.3) is 0 Å². The molecule has 1 aromatic rings. The zero-order chi connectivity index (χ0) is 26.4. The Kier molecular flexibility index (Phi) is 7.77. The fourth-order valence-corrected chi connectivity index (χ4v) is 9.09. The van der Waals surface area contributed by atoms with Gasteiger partial charge >= 0.3 is 0 Å². The third-order valence-electron chi connectivity index (χ3n) is 10.4. The number of hydrogen-bond acceptors (Lipinski definition) is 4. The number of fused-ring (bicyclic) bond motifs is 1. The highest BCUT2D eigenvalue weighted by atomic mass is 32.1. The van der Waals surface area contributed by atoms with E-state index in [4.69, 9.17) is 0 Å². The topological polar surface area (TPSA) is 60.7 Å². The SMILES string of the molecule is C=C1C(=CC=C2CCC[C@]3(C)[C@@H]([C@H](C)C=C[C@@H](O)C4(c5ccc(CC)s5)CC4)CC[C@@H]23)C[C@@H](O)C[C@@H]1O. The highest BCUT2D eigenvalue weighted by Crippen LogP contribution is 2.60. The molecule has 0 saturated heterocycles. The van der Waals surface area contributed by atoms with Crippen molar-refractivity contribution in [2.45, 2.75) is 109 Å². The molecule has 4 fully saturated rings. The summed E-state index contributed by atoms with van der Waals surface area (Å²) in [6.45, 7) is 11.1. The van der Waals surface area contributed by atoms with Gasteiger partial charge in [-0.25, -0.2) is 0 Å². The molecule has 5 rings (SSSR count). The van der Waals surface area contributed by atoms with Crippen molar-refractivity contribution in [2.75, 3.05) is 0 Å². The second-order valence-corrected chi connectivity index (χ2v) is 13.8. The van der Waals surface area contributed by atoms with Gasteiger partial charge in [0.1, 0.15) is 0 Å². The van der Waals surface area contributed by atoms with Crippen LogP contribution in [0.4, 0.5) is 0 Å². The largest absolute Gasteiger partial charge is 0.393 e. The lowest BCUT2D eigenvalue weighted by molar-refractivity contribution is 0.0862. The van der Waals surface area contributed by atoms with Crippen molar-refractivity contribution in [3.63, 3.8) is 0 Å². The van der Waals surface area contributed by atoms with Crippen LogP contribution < -0.4 is 0 Å². The summed E-state index contributed by atoms with van der Waals surface area (Å²) >= 11 is 1.88. The van der Waals surface area contributed by atoms with Crippen LogP contribution in [0.3, 0.4) is 0 Å². The number of aryl methyl sites for hydroxylation is 1. The number of allylic oxidation sites excluding steroid dienone is 4. The van der Waals surface area contributed by atoms with Crippen LogP contribution in [-0.4, -0.2) is 33.6 Å². The summed E-state index contributed by atoms with van der Waals surface area (Å²) in [4.78, 5) is 2.77. The van der Waals surface area contributed by atoms with Crippen LogP contribution in [0.2, 0.25) is 0 Å². The number of aliphatic hydroxyl groups is 3. The summed E-state index contributed by atoms with van der Waals surface area (Å²) in [5, 5.41) is 31.6. The van der Waals surface area contributed by atoms with Gasteiger partial charge in [0.05, 0.1) is 18.3 Å². The maximum absolute atomic E-state index is 11.2. The van der Waals surface area contributed by atoms with E-state index in [9.17, 15) is 15.3 Å². The molecular weight excluding hydrogens is 476 g/mol. The van der Waals surface area contributed by atoms with Gasteiger partial charge in [-0.15, -0.1) is 11.3 Å². The minimum absolute atomic E-state index is 0.0467. The second kappa shape index (κ2) is 10.6. The molecule has 0 unspecified atom stereocenters. The zero-order valence-corrected chi connectivity index (χ0v) is 23.8. The van der Waals surface area contributed by atoms with E-state index in [1.54, 1.807) is 0 Å². The van der Waals surface area contributed by atoms with Crippen LogP contribution in [0.25, 0.3) is 0 Å². The van der Waals surface area contributed by atoms with Crippen LogP contribution in [0.1, 0.15) is 88.3 Å². The molecule has 4 saturated carbocycles. The van der Waals surface area contributed by atoms with Gasteiger partial charge in [0, 0.05) is 21.6 Å². The Morgan fingerprint density at radius 3 is 2.62 bits per heavy atom. The van der Waals surface area contributed by atoms with E-state index in [-0.39, 0.29) is 10.8 Å². The second-order valence-electron chi connectivity index (χ2n) is 12.6. The molecule has 0 aliphatic heterocycles. The first-order valence-corrected chi connectivity index (χ1v) is 15.4. The molecule has 4 aliphatic rings. The van der Waals surface area contributed by atoms with E-state index < -0.39 is 18.3 Å². The van der Waals surface area contributed by atoms with Gasteiger partial charge in [0.2, 0.25) is 0 Å². The average molecular weight is 523 g/mol. The molecule has 1 aromatic heterocycles. The molecule has 202 valence electrons. The van der Waals surface area contributed by atoms with Crippen LogP contribution in [0.5, 0.6) is 0 Å². The zero-order valence-electron chi connectivity index (χ0n) is 23.0. The van der Waals surface area contributed by atoms with E-state index in [0.717, 1.165) is 36.8 Å². The highest BCUT2D eigenvalue weighted by Gasteiger charge is 2.52. The summed E-state index contributed by atoms with van der Waals surface area (Å²) in [7, 11) is 0. The lowest BCUT2D eigenvalue weighted by Gasteiger charge is -2.44. The van der Waals surface area contributed by atoms with E-state index in [2.05, 4.69) is 63.8 Å². The Labute approximate surface area is 227 Å². The van der Waals surface area contributed by atoms with Crippen LogP contribution in [-0.2, 0) is 11.8 Å². The molecule has 0 bridgehead atoms. The maximum atomic E-state index is 11.2. The normalized spacial score (nSPS) is 37.3. The predicted octanol–water partition coefficient (Wildman–Crippen LogP) is 7.04. The third kappa shape index (κ3) is 5.12. The van der Waals surface area contributed by atoms with Crippen molar-refractivity contribution < 1.29 is 15.3 Å². The monoisotopic (exact) mass is 522 g/mol. The molecule has 3 nitrogen and oxygen atoms in total. The first-order chi connectivity index (χ1) is 17.7. The van der Waals surface area contributed by atoms with E-state index in [1.165, 1.54) is 41.0 Å². The molecule has 0 spiro atoms. The van der Waals surface area contributed by atoms with Crippen molar-refractivity contribution in [1.29, 1.82) is 0 Å². The molecule has 37 heavy (non-hydrogen) atoms. The molecule has 0 radical (unpaired) electrons. The quantitative estimate of drug-likeness (QED) is 0.337. The summed E-state index contributed by atoms with van der Waals surface area (Å²) in [5.74, 6) is 1.65. The predicted molar refractivity (Wildman–Crippen MR) is 154 cm³/mol. The number of aliphatic hydroxyl groups excluding tert-OH is 3. The van der Waals surface area contributed by atoms with Gasteiger partial charge in [-0.2, -0.15) is 0 Å². The first-order valence-electron chi connectivity index (χ1n) is 14.6. The molecule has 4 aliphatic carbocycles. The fourth-order valence-electron chi connectivity index (χ4n) is 7.87. The van der Waals surface area contributed by atoms with Gasteiger partial charge in [-0.05, 0) is 104 Å². The third-order valence-corrected chi connectivity index (χ3v) is 11.8. The smallest absolute Gasteiger partial charge is 0.0825 e. The molecule has 0 amide bonds. The van der Waals surface area contributed by atoms with Gasteiger partial charge in [0.15, 0.2) is 0 Å². The molecule has 4 heteroatoms. The minimum atomic E-state index is -0.632. The Morgan fingerprint density at radius 2 is 1.92 bits per heavy atom. The molecule has 0 aromatic carbocycles. The number of hydrogen-bond donors (Lipinski definition) is 3. The lowest BCUT2D eigenvalue weighted by Crippen LogP contribution is -2.35. The van der Waals surface area contributed by atoms with Crippen molar-refractivity contribution in [2.24, 2.45) is 23.2 Å². The fraction of sp³-hybridized carbons (Fsp3) is 0.636. The average Bonchev–Trinajstić information content (AvgIpc) is 3.39. The number of rotatable bonds is 7. The Balaban J connectivity index is 1.28. The van der Waals surface area contributed by atoms with Crippen molar-refractivity contribution in [3.8, 4) is 0 Å². The molecule has 1 heterocycles. The summed E-state index contributed by atoms with van der Waals surface area (Å²) in [6.07, 6.45) is 17.6. The van der Waals surface area contributed by atoms with Crippen LogP contribution >= 0.6 is 11.3 Å². The van der Waals surface area contributed by atoms with E-state index in [0.29, 0.717) is 30.6 Å². The van der Waals surface area contributed by atoms with Gasteiger partial charge in [-0.3, -0.25) is 0 Å². The van der Waals surface area contributed by atoms with E-state index in [1.807, 2.05) is 11.3 Å². The lowest BCUT2D eigenvalue weighted by atomic mass is 9.61. The highest BCUT2D eigenvalue weighted by molar-refractivity contribution is 7.12. The van der Waals surface area contributed by atoms with E-state index >= 15 is 0 Å². The summed E-state index contributed by atoms with van der Waals surface area (Å²) < 4.78 is 0. The minimum Gasteiger partial charge on any atom is -0.393 e. The van der Waals surface area contributed by atoms with Crippen molar-refractivity contribution in [3.05, 3.63) is 69.5 Å². The molecule has 7 atom stereocenters. The van der Waals surface area contributed by atoms with Crippen LogP contribution in [0.15, 0.2) is 59.7 Å². The van der Waals surface area contributed by atoms with Gasteiger partial charge < -0.3 is 15.3 Å². The summed E-state index contributed by atoms with van der Waals surface area (Å²) in [6, 6.07) is 4.48. The van der Waals surface area contributed by atoms with Crippen molar-refractivity contribution >= 4 is 11.3 Å². The first kappa shape index (κ1) is 27.1. The van der Waals surface area contributed by atoms with Crippen LogP contribution in [0, 0.1) is 23.2 Å². The Hall–Kier alpha value is -1.46. The Morgan fingerprint density at radius 1 is 1.14 bits per heavy atom. The summed E-state index contributed by atoms with van der Waals surface area (Å²) in [5.41, 5.74) is 3.53. The van der Waals surface area contributed by atoms with Gasteiger partial charge in [-0.1, -0.05) is 57.2 Å².